The average Bonchev–Trinajstić information content (AvgIpc) is 2.73. The molecule has 1 aromatic rings. The Labute approximate surface area is 107 Å². The van der Waals surface area contributed by atoms with Gasteiger partial charge in [-0.2, -0.15) is 4.22 Å². The van der Waals surface area contributed by atoms with Crippen LogP contribution < -0.4 is 0 Å². The molecule has 0 aromatic heterocycles. The molecule has 0 spiro atoms. The number of rotatable bonds is 3. The fraction of sp³-hybridized carbons (Fsp3) is 0.364. The first kappa shape index (κ1) is 13.1. The highest BCUT2D eigenvalue weighted by atomic mass is 32.2. The van der Waals surface area contributed by atoms with Crippen LogP contribution in [-0.4, -0.2) is 32.3 Å². The van der Waals surface area contributed by atoms with Gasteiger partial charge >= 0.3 is 13.6 Å². The Balaban J connectivity index is 2.40. The number of carbonyl (C=O) groups excluding carboxylic acids is 1. The van der Waals surface area contributed by atoms with Gasteiger partial charge in [0.1, 0.15) is 6.04 Å². The van der Waals surface area contributed by atoms with E-state index >= 15 is 0 Å². The van der Waals surface area contributed by atoms with E-state index in [1.807, 2.05) is 0 Å². The third-order valence-corrected chi connectivity index (χ3v) is 4.47. The summed E-state index contributed by atoms with van der Waals surface area (Å²) in [5, 5.41) is 0. The summed E-state index contributed by atoms with van der Waals surface area (Å²) in [7, 11) is -2.75. The zero-order valence-corrected chi connectivity index (χ0v) is 10.9. The molecule has 0 aliphatic carbocycles. The Kier molecular flexibility index (Phi) is 3.45. The molecule has 0 unspecified atom stereocenters. The van der Waals surface area contributed by atoms with Crippen LogP contribution in [0, 0.1) is 5.92 Å². The molecule has 0 saturated carbocycles. The highest BCUT2D eigenvalue weighted by Crippen LogP contribution is 2.25. The molecule has 1 aliphatic heterocycles. The monoisotopic (exact) mass is 266 g/mol. The Hall–Kier alpha value is -1.34. The summed E-state index contributed by atoms with van der Waals surface area (Å²) in [5.41, 5.74) is 0. The molecule has 5 nitrogen and oxygen atoms in total. The van der Waals surface area contributed by atoms with Crippen LogP contribution in [0.15, 0.2) is 35.2 Å². The normalized spacial score (nSPS) is 20.8. The van der Waals surface area contributed by atoms with Crippen LogP contribution in [0.1, 0.15) is 13.8 Å². The van der Waals surface area contributed by atoms with Crippen LogP contribution in [0.4, 0.5) is 0 Å². The smallest absolute Gasteiger partial charge is 0.498 e. The van der Waals surface area contributed by atoms with Crippen molar-refractivity contribution in [3.8, 4) is 0 Å². The second-order valence-corrected chi connectivity index (χ2v) is 6.22. The largest absolute Gasteiger partial charge is 0.520 e. The number of sulfonamides is 1. The van der Waals surface area contributed by atoms with E-state index in [1.54, 1.807) is 32.0 Å². The van der Waals surface area contributed by atoms with E-state index in [2.05, 4.69) is 0 Å². The molecule has 0 bridgehead atoms. The van der Waals surface area contributed by atoms with E-state index < -0.39 is 22.0 Å². The van der Waals surface area contributed by atoms with E-state index in [9.17, 15) is 13.2 Å². The highest BCUT2D eigenvalue weighted by molar-refractivity contribution is 7.90. The third kappa shape index (κ3) is 2.15. The van der Waals surface area contributed by atoms with E-state index in [-0.39, 0.29) is 10.8 Å². The lowest BCUT2D eigenvalue weighted by atomic mass is 10.0. The van der Waals surface area contributed by atoms with Crippen molar-refractivity contribution >= 4 is 23.6 Å². The van der Waals surface area contributed by atoms with Crippen LogP contribution in [-0.2, 0) is 19.5 Å². The van der Waals surface area contributed by atoms with Crippen LogP contribution in [0.3, 0.4) is 0 Å². The van der Waals surface area contributed by atoms with Crippen molar-refractivity contribution in [2.45, 2.75) is 24.8 Å². The van der Waals surface area contributed by atoms with Gasteiger partial charge in [0, 0.05) is 0 Å². The molecule has 0 N–H and O–H groups in total. The minimum Gasteiger partial charge on any atom is -0.520 e. The summed E-state index contributed by atoms with van der Waals surface area (Å²) < 4.78 is 30.4. The van der Waals surface area contributed by atoms with E-state index in [0.29, 0.717) is 0 Å². The SMILES string of the molecule is CC(C)[C@@H]1C(=O)O[B]N1S(=O)(=O)c1ccccc1. The molecule has 1 aliphatic rings. The van der Waals surface area contributed by atoms with Gasteiger partial charge in [0.15, 0.2) is 0 Å². The van der Waals surface area contributed by atoms with Gasteiger partial charge in [-0.05, 0) is 18.1 Å². The summed E-state index contributed by atoms with van der Waals surface area (Å²) in [6, 6.07) is 7.18. The topological polar surface area (TPSA) is 63.7 Å². The first-order valence-corrected chi connectivity index (χ1v) is 7.01. The van der Waals surface area contributed by atoms with Crippen molar-refractivity contribution in [2.75, 3.05) is 0 Å². The lowest BCUT2D eigenvalue weighted by Crippen LogP contribution is -2.42. The van der Waals surface area contributed by atoms with Crippen molar-refractivity contribution in [3.63, 3.8) is 0 Å². The van der Waals surface area contributed by atoms with Crippen LogP contribution in [0.2, 0.25) is 0 Å². The standard InChI is InChI=1S/C11H13BNO4S/c1-8(2)10-11(14)17-12-13(10)18(15,16)9-6-4-3-5-7-9/h3-8,10H,1-2H3/t10-/m1/s1. The molecule has 1 fully saturated rings. The Morgan fingerprint density at radius 3 is 2.44 bits per heavy atom. The van der Waals surface area contributed by atoms with Crippen molar-refractivity contribution in [3.05, 3.63) is 30.3 Å². The molecule has 2 rings (SSSR count). The van der Waals surface area contributed by atoms with Crippen LogP contribution in [0.25, 0.3) is 0 Å². The first-order chi connectivity index (χ1) is 8.44. The van der Waals surface area contributed by atoms with Gasteiger partial charge < -0.3 is 4.65 Å². The van der Waals surface area contributed by atoms with Gasteiger partial charge in [0.25, 0.3) is 0 Å². The van der Waals surface area contributed by atoms with Gasteiger partial charge in [-0.15, -0.1) is 0 Å². The van der Waals surface area contributed by atoms with Gasteiger partial charge in [0.05, 0.1) is 4.90 Å². The maximum absolute atomic E-state index is 12.4. The predicted octanol–water partition coefficient (Wildman–Crippen LogP) is 0.793. The molecule has 7 heteroatoms. The Bertz CT molecular complexity index is 543. The Morgan fingerprint density at radius 2 is 1.89 bits per heavy atom. The second-order valence-electron chi connectivity index (χ2n) is 4.38. The molecular weight excluding hydrogens is 253 g/mol. The number of hydrogen-bond acceptors (Lipinski definition) is 4. The van der Waals surface area contributed by atoms with Gasteiger partial charge in [-0.3, -0.25) is 4.79 Å². The molecular formula is C11H13BNO4S. The van der Waals surface area contributed by atoms with E-state index in [0.717, 1.165) is 11.8 Å². The summed E-state index contributed by atoms with van der Waals surface area (Å²) in [4.78, 5) is 11.7. The molecule has 1 atom stereocenters. The van der Waals surface area contributed by atoms with Crippen LogP contribution >= 0.6 is 0 Å². The average molecular weight is 266 g/mol. The fourth-order valence-corrected chi connectivity index (χ4v) is 3.36. The molecule has 1 saturated heterocycles. The Morgan fingerprint density at radius 1 is 1.28 bits per heavy atom. The fourth-order valence-electron chi connectivity index (χ4n) is 1.83. The number of carbonyl (C=O) groups is 1. The quantitative estimate of drug-likeness (QED) is 0.759. The zero-order valence-electron chi connectivity index (χ0n) is 10.1. The highest BCUT2D eigenvalue weighted by Gasteiger charge is 2.45. The van der Waals surface area contributed by atoms with Crippen molar-refractivity contribution in [1.29, 1.82) is 0 Å². The van der Waals surface area contributed by atoms with Crippen LogP contribution in [0.5, 0.6) is 0 Å². The molecule has 0 amide bonds. The lowest BCUT2D eigenvalue weighted by molar-refractivity contribution is -0.135. The minimum atomic E-state index is -3.73. The molecule has 18 heavy (non-hydrogen) atoms. The third-order valence-electron chi connectivity index (χ3n) is 2.74. The minimum absolute atomic E-state index is 0.144. The van der Waals surface area contributed by atoms with Gasteiger partial charge in [-0.25, -0.2) is 8.42 Å². The van der Waals surface area contributed by atoms with E-state index in [4.69, 9.17) is 4.65 Å². The van der Waals surface area contributed by atoms with Gasteiger partial charge in [0.2, 0.25) is 10.0 Å². The first-order valence-electron chi connectivity index (χ1n) is 5.57. The molecule has 1 heterocycles. The molecule has 1 radical (unpaired) electrons. The lowest BCUT2D eigenvalue weighted by Gasteiger charge is -2.22. The van der Waals surface area contributed by atoms with Crippen molar-refractivity contribution < 1.29 is 17.9 Å². The zero-order chi connectivity index (χ0) is 13.3. The summed E-state index contributed by atoms with van der Waals surface area (Å²) in [6.45, 7) is 3.55. The second kappa shape index (κ2) is 4.74. The maximum Gasteiger partial charge on any atom is 0.498 e. The van der Waals surface area contributed by atoms with Crippen molar-refractivity contribution in [2.24, 2.45) is 5.92 Å². The van der Waals surface area contributed by atoms with Gasteiger partial charge in [-0.1, -0.05) is 32.0 Å². The molecule has 1 aromatic carbocycles. The van der Waals surface area contributed by atoms with Crippen molar-refractivity contribution in [1.82, 2.24) is 4.22 Å². The molecule has 95 valence electrons. The predicted molar refractivity (Wildman–Crippen MR) is 65.9 cm³/mol. The summed E-state index contributed by atoms with van der Waals surface area (Å²) in [5.74, 6) is -0.695. The summed E-state index contributed by atoms with van der Waals surface area (Å²) in [6.07, 6.45) is 0. The maximum atomic E-state index is 12.4. The van der Waals surface area contributed by atoms with E-state index in [1.165, 1.54) is 12.1 Å². The number of nitrogens with zero attached hydrogens (tertiary/aromatic N) is 1. The number of benzene rings is 1. The summed E-state index contributed by atoms with van der Waals surface area (Å²) >= 11 is 0. The number of hydrogen-bond donors (Lipinski definition) is 0.